The van der Waals surface area contributed by atoms with E-state index in [1.165, 1.54) is 11.3 Å². The van der Waals surface area contributed by atoms with Gasteiger partial charge in [0, 0.05) is 24.5 Å². The highest BCUT2D eigenvalue weighted by Gasteiger charge is 2.13. The van der Waals surface area contributed by atoms with Gasteiger partial charge in [-0.05, 0) is 6.54 Å². The van der Waals surface area contributed by atoms with Crippen molar-refractivity contribution in [2.24, 2.45) is 5.73 Å². The number of carbonyl (C=O) groups is 1. The van der Waals surface area contributed by atoms with E-state index in [0.29, 0.717) is 18.7 Å². The predicted molar refractivity (Wildman–Crippen MR) is 63.5 cm³/mol. The molecule has 0 aliphatic carbocycles. The first-order chi connectivity index (χ1) is 7.42. The highest BCUT2D eigenvalue weighted by Crippen LogP contribution is 2.12. The zero-order valence-corrected chi connectivity index (χ0v) is 10.6. The summed E-state index contributed by atoms with van der Waals surface area (Å²) in [6, 6.07) is 0. The lowest BCUT2D eigenvalue weighted by molar-refractivity contribution is 0.0984. The molecule has 1 aromatic heterocycles. The van der Waals surface area contributed by atoms with E-state index < -0.39 is 9.84 Å². The summed E-state index contributed by atoms with van der Waals surface area (Å²) in [6.45, 7) is 0.491. The molecule has 0 bridgehead atoms. The van der Waals surface area contributed by atoms with Crippen LogP contribution in [0.3, 0.4) is 0 Å². The van der Waals surface area contributed by atoms with E-state index in [0.717, 1.165) is 11.3 Å². The van der Waals surface area contributed by atoms with Crippen LogP contribution in [0.25, 0.3) is 0 Å². The van der Waals surface area contributed by atoms with Crippen LogP contribution in [-0.4, -0.2) is 37.7 Å². The van der Waals surface area contributed by atoms with Crippen molar-refractivity contribution in [2.75, 3.05) is 18.6 Å². The van der Waals surface area contributed by atoms with Gasteiger partial charge in [-0.25, -0.2) is 13.4 Å². The van der Waals surface area contributed by atoms with E-state index in [-0.39, 0.29) is 18.0 Å². The Morgan fingerprint density at radius 1 is 1.56 bits per heavy atom. The number of nitrogens with zero attached hydrogens (tertiary/aromatic N) is 1. The smallest absolute Gasteiger partial charge is 0.183 e. The fourth-order valence-corrected chi connectivity index (χ4v) is 2.46. The molecule has 5 nitrogen and oxygen atoms in total. The van der Waals surface area contributed by atoms with Gasteiger partial charge in [0.2, 0.25) is 0 Å². The van der Waals surface area contributed by atoms with Crippen LogP contribution in [0.2, 0.25) is 0 Å². The van der Waals surface area contributed by atoms with E-state index in [9.17, 15) is 13.2 Å². The minimum Gasteiger partial charge on any atom is -0.330 e. The molecule has 0 amide bonds. The highest BCUT2D eigenvalue weighted by molar-refractivity contribution is 7.90. The maximum Gasteiger partial charge on any atom is 0.183 e. The number of Topliss-reactive ketones (excluding diaryl/α,β-unsaturated/α-hetero) is 1. The second-order valence-electron chi connectivity index (χ2n) is 3.47. The van der Waals surface area contributed by atoms with Crippen LogP contribution in [0, 0.1) is 0 Å². The van der Waals surface area contributed by atoms with Gasteiger partial charge in [-0.2, -0.15) is 0 Å². The normalized spacial score (nSPS) is 11.6. The van der Waals surface area contributed by atoms with Crippen molar-refractivity contribution in [1.82, 2.24) is 4.98 Å². The Balaban J connectivity index is 2.59. The van der Waals surface area contributed by atoms with Crippen LogP contribution >= 0.6 is 11.3 Å². The number of hydrogen-bond acceptors (Lipinski definition) is 6. The Hall–Kier alpha value is -0.790. The van der Waals surface area contributed by atoms with Gasteiger partial charge in [0.1, 0.15) is 15.5 Å². The van der Waals surface area contributed by atoms with Crippen LogP contribution in [0.4, 0.5) is 0 Å². The summed E-state index contributed by atoms with van der Waals surface area (Å²) < 4.78 is 21.8. The number of nitrogens with two attached hydrogens (primary N) is 1. The van der Waals surface area contributed by atoms with Crippen LogP contribution in [0.1, 0.15) is 21.9 Å². The van der Waals surface area contributed by atoms with Gasteiger partial charge in [0.25, 0.3) is 0 Å². The second-order valence-corrected chi connectivity index (χ2v) is 6.67. The van der Waals surface area contributed by atoms with E-state index in [4.69, 9.17) is 5.73 Å². The Bertz CT molecular complexity index is 465. The zero-order valence-electron chi connectivity index (χ0n) is 8.97. The summed E-state index contributed by atoms with van der Waals surface area (Å²) in [4.78, 5) is 15.7. The fourth-order valence-electron chi connectivity index (χ4n) is 1.08. The lowest BCUT2D eigenvalue weighted by atomic mass is 10.2. The molecule has 0 aromatic carbocycles. The zero-order chi connectivity index (χ0) is 12.2. The number of ketones is 1. The molecule has 16 heavy (non-hydrogen) atoms. The first-order valence-corrected chi connectivity index (χ1v) is 7.72. The van der Waals surface area contributed by atoms with Crippen LogP contribution in [-0.2, 0) is 16.3 Å². The van der Waals surface area contributed by atoms with E-state index >= 15 is 0 Å². The van der Waals surface area contributed by atoms with Gasteiger partial charge in [-0.15, -0.1) is 11.3 Å². The van der Waals surface area contributed by atoms with E-state index in [1.807, 2.05) is 0 Å². The SMILES string of the molecule is CS(=O)(=O)CCC(=O)c1csc(CCN)n1. The first-order valence-electron chi connectivity index (χ1n) is 4.78. The van der Waals surface area contributed by atoms with Gasteiger partial charge in [-0.1, -0.05) is 0 Å². The van der Waals surface area contributed by atoms with Crippen molar-refractivity contribution in [3.63, 3.8) is 0 Å². The lowest BCUT2D eigenvalue weighted by Crippen LogP contribution is -2.10. The third-order valence-corrected chi connectivity index (χ3v) is 3.75. The summed E-state index contributed by atoms with van der Waals surface area (Å²) in [6.07, 6.45) is 1.75. The van der Waals surface area contributed by atoms with E-state index in [2.05, 4.69) is 4.98 Å². The van der Waals surface area contributed by atoms with Gasteiger partial charge in [0.15, 0.2) is 5.78 Å². The summed E-state index contributed by atoms with van der Waals surface area (Å²) >= 11 is 1.37. The summed E-state index contributed by atoms with van der Waals surface area (Å²) in [5.74, 6) is -0.361. The van der Waals surface area contributed by atoms with Crippen LogP contribution in [0.5, 0.6) is 0 Å². The van der Waals surface area contributed by atoms with Crippen molar-refractivity contribution in [2.45, 2.75) is 12.8 Å². The van der Waals surface area contributed by atoms with Gasteiger partial charge < -0.3 is 5.73 Å². The molecule has 0 saturated heterocycles. The minimum atomic E-state index is -3.10. The Morgan fingerprint density at radius 3 is 2.81 bits per heavy atom. The molecular formula is C9H14N2O3S2. The molecule has 0 spiro atoms. The number of rotatable bonds is 6. The van der Waals surface area contributed by atoms with Gasteiger partial charge >= 0.3 is 0 Å². The summed E-state index contributed by atoms with van der Waals surface area (Å²) in [5, 5.41) is 2.46. The molecule has 0 saturated carbocycles. The average Bonchev–Trinajstić information content (AvgIpc) is 2.62. The maximum atomic E-state index is 11.6. The Kier molecular flexibility index (Phi) is 4.57. The summed E-state index contributed by atoms with van der Waals surface area (Å²) in [7, 11) is -3.10. The van der Waals surface area contributed by atoms with Gasteiger partial charge in [-0.3, -0.25) is 4.79 Å². The molecule has 0 aliphatic heterocycles. The van der Waals surface area contributed by atoms with Gasteiger partial charge in [0.05, 0.1) is 10.8 Å². The molecule has 7 heteroatoms. The largest absolute Gasteiger partial charge is 0.330 e. The van der Waals surface area contributed by atoms with E-state index in [1.54, 1.807) is 5.38 Å². The van der Waals surface area contributed by atoms with Crippen molar-refractivity contribution >= 4 is 27.0 Å². The molecule has 1 rings (SSSR count). The maximum absolute atomic E-state index is 11.6. The molecule has 0 atom stereocenters. The average molecular weight is 262 g/mol. The molecule has 0 fully saturated rings. The molecular weight excluding hydrogens is 248 g/mol. The molecule has 1 aromatic rings. The second kappa shape index (κ2) is 5.51. The number of hydrogen-bond donors (Lipinski definition) is 1. The van der Waals surface area contributed by atoms with Crippen molar-refractivity contribution < 1.29 is 13.2 Å². The van der Waals surface area contributed by atoms with Crippen molar-refractivity contribution in [3.8, 4) is 0 Å². The Morgan fingerprint density at radius 2 is 2.25 bits per heavy atom. The monoisotopic (exact) mass is 262 g/mol. The topological polar surface area (TPSA) is 90.1 Å². The number of carbonyl (C=O) groups excluding carboxylic acids is 1. The minimum absolute atomic E-state index is 0.00929. The quantitative estimate of drug-likeness (QED) is 0.743. The molecule has 2 N–H and O–H groups in total. The number of sulfone groups is 1. The van der Waals surface area contributed by atoms with Crippen LogP contribution in [0.15, 0.2) is 5.38 Å². The summed E-state index contributed by atoms with van der Waals surface area (Å²) in [5.41, 5.74) is 5.71. The number of thiazole rings is 1. The van der Waals surface area contributed by atoms with Crippen LogP contribution < -0.4 is 5.73 Å². The molecule has 1 heterocycles. The standard InChI is InChI=1S/C9H14N2O3S2/c1-16(13,14)5-3-8(12)7-6-15-9(11-7)2-4-10/h6H,2-5,10H2,1H3. The Labute approximate surface area is 98.6 Å². The molecule has 0 radical (unpaired) electrons. The fraction of sp³-hybridized carbons (Fsp3) is 0.556. The first kappa shape index (κ1) is 13.3. The third-order valence-electron chi connectivity index (χ3n) is 1.90. The predicted octanol–water partition coefficient (Wildman–Crippen LogP) is 0.262. The van der Waals surface area contributed by atoms with Crippen molar-refractivity contribution in [3.05, 3.63) is 16.1 Å². The lowest BCUT2D eigenvalue weighted by Gasteiger charge is -1.96. The molecule has 90 valence electrons. The third kappa shape index (κ3) is 4.38. The number of aromatic nitrogens is 1. The van der Waals surface area contributed by atoms with Crippen molar-refractivity contribution in [1.29, 1.82) is 0 Å². The molecule has 0 aliphatic rings. The molecule has 0 unspecified atom stereocenters. The highest BCUT2D eigenvalue weighted by atomic mass is 32.2.